The Kier molecular flexibility index (Phi) is 11.9. The van der Waals surface area contributed by atoms with Gasteiger partial charge in [0.25, 0.3) is 0 Å². The van der Waals surface area contributed by atoms with Crippen molar-refractivity contribution in [2.45, 2.75) is 89.7 Å². The number of carbonyl (C=O) groups is 3. The molecule has 0 bridgehead atoms. The molecule has 1 aliphatic rings. The Morgan fingerprint density at radius 1 is 1.02 bits per heavy atom. The summed E-state index contributed by atoms with van der Waals surface area (Å²) in [6.07, 6.45) is 2.81. The van der Waals surface area contributed by atoms with Gasteiger partial charge in [0.05, 0.1) is 29.1 Å². The van der Waals surface area contributed by atoms with E-state index in [1.165, 1.54) is 16.2 Å². The number of aliphatic hydroxyl groups is 1. The summed E-state index contributed by atoms with van der Waals surface area (Å²) in [7, 11) is 0. The zero-order chi connectivity index (χ0) is 31.5. The van der Waals surface area contributed by atoms with Crippen LogP contribution in [0.3, 0.4) is 0 Å². The number of aliphatic hydroxyl groups excluding tert-OH is 1. The second kappa shape index (κ2) is 15.8. The number of hydrogen-bond donors (Lipinski definition) is 2. The molecule has 44 heavy (non-hydrogen) atoms. The van der Waals surface area contributed by atoms with E-state index in [9.17, 15) is 19.5 Å². The molecule has 9 nitrogen and oxygen atoms in total. The highest BCUT2D eigenvalue weighted by molar-refractivity contribution is 7.09. The van der Waals surface area contributed by atoms with Gasteiger partial charge in [0.2, 0.25) is 0 Å². The summed E-state index contributed by atoms with van der Waals surface area (Å²) in [5.74, 6) is -0.138. The van der Waals surface area contributed by atoms with E-state index in [1.54, 1.807) is 32.5 Å². The molecule has 0 unspecified atom stereocenters. The molecule has 0 spiro atoms. The number of ketones is 1. The van der Waals surface area contributed by atoms with E-state index >= 15 is 0 Å². The third-order valence-electron chi connectivity index (χ3n) is 7.53. The maximum Gasteiger partial charge on any atom is 0.410 e. The van der Waals surface area contributed by atoms with Crippen LogP contribution in [-0.2, 0) is 33.7 Å². The van der Waals surface area contributed by atoms with Gasteiger partial charge in [0.1, 0.15) is 12.2 Å². The number of likely N-dealkylation sites (tertiary alicyclic amines) is 1. The molecule has 2 aromatic carbocycles. The summed E-state index contributed by atoms with van der Waals surface area (Å²) >= 11 is 1.43. The van der Waals surface area contributed by atoms with Crippen molar-refractivity contribution in [3.8, 4) is 0 Å². The molecule has 0 aliphatic carbocycles. The fraction of sp³-hybridized carbons (Fsp3) is 0.471. The minimum atomic E-state index is -0.778. The van der Waals surface area contributed by atoms with Crippen molar-refractivity contribution in [3.63, 3.8) is 0 Å². The summed E-state index contributed by atoms with van der Waals surface area (Å²) in [5, 5.41) is 13.4. The molecule has 1 fully saturated rings. The summed E-state index contributed by atoms with van der Waals surface area (Å²) in [6.45, 7) is 5.56. The van der Waals surface area contributed by atoms with E-state index in [4.69, 9.17) is 9.47 Å². The number of benzene rings is 2. The average Bonchev–Trinajstić information content (AvgIpc) is 3.65. The fourth-order valence-electron chi connectivity index (χ4n) is 5.50. The Balaban J connectivity index is 1.45. The van der Waals surface area contributed by atoms with Gasteiger partial charge in [-0.25, -0.2) is 9.59 Å². The van der Waals surface area contributed by atoms with Crippen LogP contribution in [0.1, 0.15) is 62.5 Å². The summed E-state index contributed by atoms with van der Waals surface area (Å²) in [5.41, 5.74) is 3.18. The maximum atomic E-state index is 13.7. The third-order valence-corrected chi connectivity index (χ3v) is 8.29. The molecule has 2 amide bonds. The first-order valence-corrected chi connectivity index (χ1v) is 16.0. The lowest BCUT2D eigenvalue weighted by atomic mass is 9.86. The molecular weight excluding hydrogens is 578 g/mol. The molecule has 3 aromatic rings. The monoisotopic (exact) mass is 621 g/mol. The number of thiazole rings is 1. The van der Waals surface area contributed by atoms with Gasteiger partial charge in [-0.05, 0) is 63.5 Å². The minimum Gasteiger partial charge on any atom is -0.444 e. The summed E-state index contributed by atoms with van der Waals surface area (Å²) < 4.78 is 11.0. The Hall–Kier alpha value is -3.76. The van der Waals surface area contributed by atoms with Crippen LogP contribution in [0.15, 0.2) is 72.4 Å². The van der Waals surface area contributed by atoms with E-state index in [1.807, 2.05) is 60.7 Å². The van der Waals surface area contributed by atoms with Crippen molar-refractivity contribution in [3.05, 3.63) is 88.4 Å². The van der Waals surface area contributed by atoms with E-state index in [-0.39, 0.29) is 43.7 Å². The van der Waals surface area contributed by atoms with Crippen LogP contribution in [0.5, 0.6) is 0 Å². The van der Waals surface area contributed by atoms with Crippen molar-refractivity contribution < 1.29 is 29.0 Å². The Labute approximate surface area is 263 Å². The van der Waals surface area contributed by atoms with Gasteiger partial charge in [0.15, 0.2) is 5.78 Å². The van der Waals surface area contributed by atoms with Gasteiger partial charge in [-0.15, -0.1) is 11.3 Å². The van der Waals surface area contributed by atoms with E-state index in [2.05, 4.69) is 10.3 Å². The highest BCUT2D eigenvalue weighted by Crippen LogP contribution is 2.27. The predicted molar refractivity (Wildman–Crippen MR) is 169 cm³/mol. The number of nitrogens with one attached hydrogen (secondary N) is 1. The molecule has 0 radical (unpaired) electrons. The van der Waals surface area contributed by atoms with Crippen molar-refractivity contribution in [2.24, 2.45) is 5.92 Å². The molecule has 10 heteroatoms. The highest BCUT2D eigenvalue weighted by atomic mass is 32.1. The van der Waals surface area contributed by atoms with Crippen LogP contribution in [0.25, 0.3) is 0 Å². The van der Waals surface area contributed by atoms with Gasteiger partial charge in [0, 0.05) is 25.1 Å². The van der Waals surface area contributed by atoms with E-state index in [0.717, 1.165) is 16.0 Å². The van der Waals surface area contributed by atoms with Crippen LogP contribution in [0, 0.1) is 5.92 Å². The number of rotatable bonds is 13. The summed E-state index contributed by atoms with van der Waals surface area (Å²) in [4.78, 5) is 45.7. The molecule has 1 aromatic heterocycles. The minimum absolute atomic E-state index is 0.0450. The van der Waals surface area contributed by atoms with Crippen LogP contribution in [0.4, 0.5) is 9.59 Å². The number of aromatic nitrogens is 1. The molecule has 1 aliphatic heterocycles. The van der Waals surface area contributed by atoms with Crippen LogP contribution >= 0.6 is 11.3 Å². The van der Waals surface area contributed by atoms with Gasteiger partial charge in [-0.3, -0.25) is 14.7 Å². The molecule has 2 heterocycles. The highest BCUT2D eigenvalue weighted by Gasteiger charge is 2.41. The first-order chi connectivity index (χ1) is 21.1. The quantitative estimate of drug-likeness (QED) is 0.242. The van der Waals surface area contributed by atoms with Gasteiger partial charge in [-0.1, -0.05) is 60.7 Å². The first-order valence-electron chi connectivity index (χ1n) is 15.1. The number of ether oxygens (including phenoxy) is 2. The second-order valence-electron chi connectivity index (χ2n) is 12.4. The maximum absolute atomic E-state index is 13.7. The number of Topliss-reactive ketones (excluding diaryl/α,β-unsaturated/α-hetero) is 1. The van der Waals surface area contributed by atoms with Gasteiger partial charge in [-0.2, -0.15) is 0 Å². The standard InChI is InChI=1S/C34H43N3O6S/c1-34(2,3)43-33(41)37-21-28(38)19-30(37)31(39)18-26(16-24-10-6-4-7-11-24)14-15-27(17-25-12-8-5-9-13-25)36-32(40)42-22-29-20-35-23-44-29/h4-13,20,23,26-28,30,38H,14-19,21-22H2,1-3H3,(H,36,40)/t26-,27-,28-,30+/m1/s1. The lowest BCUT2D eigenvalue weighted by molar-refractivity contribution is -0.124. The molecule has 0 saturated carbocycles. The zero-order valence-electron chi connectivity index (χ0n) is 25.7. The molecule has 1 saturated heterocycles. The average molecular weight is 622 g/mol. The number of carbonyl (C=O) groups excluding carboxylic acids is 3. The Morgan fingerprint density at radius 2 is 1.68 bits per heavy atom. The van der Waals surface area contributed by atoms with E-state index in [0.29, 0.717) is 25.7 Å². The first kappa shape index (κ1) is 33.1. The number of nitrogens with zero attached hydrogens (tertiary/aromatic N) is 2. The fourth-order valence-corrected chi connectivity index (χ4v) is 6.01. The number of hydrogen-bond acceptors (Lipinski definition) is 8. The van der Waals surface area contributed by atoms with Crippen LogP contribution < -0.4 is 5.32 Å². The Morgan fingerprint density at radius 3 is 2.30 bits per heavy atom. The lowest BCUT2D eigenvalue weighted by Gasteiger charge is -2.29. The number of amides is 2. The van der Waals surface area contributed by atoms with Gasteiger partial charge < -0.3 is 19.9 Å². The topological polar surface area (TPSA) is 118 Å². The lowest BCUT2D eigenvalue weighted by Crippen LogP contribution is -2.44. The SMILES string of the molecule is CC(C)(C)OC(=O)N1C[C@H](O)C[C@H]1C(=O)C[C@H](CC[C@H](Cc1ccccc1)NC(=O)OCc1cncs1)Cc1ccccc1. The molecule has 2 N–H and O–H groups in total. The smallest absolute Gasteiger partial charge is 0.410 e. The van der Waals surface area contributed by atoms with Crippen molar-refractivity contribution in [1.29, 1.82) is 0 Å². The number of alkyl carbamates (subject to hydrolysis) is 1. The zero-order valence-corrected chi connectivity index (χ0v) is 26.5. The summed E-state index contributed by atoms with van der Waals surface area (Å²) in [6, 6.07) is 19.0. The third kappa shape index (κ3) is 10.7. The van der Waals surface area contributed by atoms with Crippen molar-refractivity contribution in [1.82, 2.24) is 15.2 Å². The second-order valence-corrected chi connectivity index (χ2v) is 13.4. The van der Waals surface area contributed by atoms with E-state index < -0.39 is 29.9 Å². The molecular formula is C34H43N3O6S. The largest absolute Gasteiger partial charge is 0.444 e. The normalized spacial score (nSPS) is 18.0. The predicted octanol–water partition coefficient (Wildman–Crippen LogP) is 5.95. The van der Waals surface area contributed by atoms with Crippen molar-refractivity contribution in [2.75, 3.05) is 6.54 Å². The molecule has 4 rings (SSSR count). The molecule has 236 valence electrons. The van der Waals surface area contributed by atoms with Gasteiger partial charge >= 0.3 is 12.2 Å². The van der Waals surface area contributed by atoms with Crippen molar-refractivity contribution >= 4 is 29.3 Å². The number of β-amino-alcohol motifs (C(OH)–C–C–N with tert-alkyl or cyclic N) is 1. The Bertz CT molecular complexity index is 1330. The van der Waals surface area contributed by atoms with Crippen LogP contribution in [-0.4, -0.2) is 63.3 Å². The van der Waals surface area contributed by atoms with Crippen LogP contribution in [0.2, 0.25) is 0 Å². The molecule has 4 atom stereocenters.